The number of anilines is 2. The third-order valence-electron chi connectivity index (χ3n) is 1.90. The van der Waals surface area contributed by atoms with Gasteiger partial charge in [-0.3, -0.25) is 0 Å². The molecule has 0 radical (unpaired) electrons. The predicted octanol–water partition coefficient (Wildman–Crippen LogP) is 2.55. The maximum absolute atomic E-state index is 5.45. The molecule has 0 aliphatic heterocycles. The molecular formula is C10H11BrN4S. The average molecular weight is 299 g/mol. The molecule has 2 rings (SSSR count). The Morgan fingerprint density at radius 3 is 3.00 bits per heavy atom. The second kappa shape index (κ2) is 5.38. The molecule has 0 saturated heterocycles. The van der Waals surface area contributed by atoms with E-state index < -0.39 is 0 Å². The van der Waals surface area contributed by atoms with Gasteiger partial charge in [0.15, 0.2) is 0 Å². The van der Waals surface area contributed by atoms with Gasteiger partial charge in [0, 0.05) is 16.6 Å². The van der Waals surface area contributed by atoms with Gasteiger partial charge in [-0.2, -0.15) is 0 Å². The molecule has 0 spiro atoms. The summed E-state index contributed by atoms with van der Waals surface area (Å²) in [4.78, 5) is 0. The van der Waals surface area contributed by atoms with Gasteiger partial charge in [0.1, 0.15) is 5.01 Å². The van der Waals surface area contributed by atoms with Crippen molar-refractivity contribution in [2.75, 3.05) is 11.9 Å². The Hall–Kier alpha value is -0.980. The van der Waals surface area contributed by atoms with Crippen LogP contribution in [0.4, 0.5) is 10.8 Å². The van der Waals surface area contributed by atoms with Crippen LogP contribution in [0.5, 0.6) is 0 Å². The van der Waals surface area contributed by atoms with E-state index in [-0.39, 0.29) is 0 Å². The minimum atomic E-state index is 0.603. The smallest absolute Gasteiger partial charge is 0.210 e. The third-order valence-corrected chi connectivity index (χ3v) is 3.29. The molecule has 0 amide bonds. The Bertz CT molecular complexity index is 471. The summed E-state index contributed by atoms with van der Waals surface area (Å²) in [6.07, 6.45) is 0.776. The van der Waals surface area contributed by atoms with Crippen LogP contribution in [0.25, 0.3) is 0 Å². The van der Waals surface area contributed by atoms with Crippen molar-refractivity contribution in [3.8, 4) is 0 Å². The Balaban J connectivity index is 2.08. The fourth-order valence-electron chi connectivity index (χ4n) is 1.22. The first-order valence-electron chi connectivity index (χ1n) is 4.83. The minimum absolute atomic E-state index is 0.603. The van der Waals surface area contributed by atoms with Crippen LogP contribution in [-0.2, 0) is 6.42 Å². The molecule has 2 aromatic rings. The van der Waals surface area contributed by atoms with Crippen LogP contribution in [0.3, 0.4) is 0 Å². The van der Waals surface area contributed by atoms with Crippen molar-refractivity contribution in [3.63, 3.8) is 0 Å². The van der Waals surface area contributed by atoms with E-state index in [0.717, 1.165) is 26.7 Å². The molecule has 1 aromatic heterocycles. The zero-order valence-electron chi connectivity index (χ0n) is 8.48. The van der Waals surface area contributed by atoms with Crippen LogP contribution in [-0.4, -0.2) is 16.7 Å². The van der Waals surface area contributed by atoms with Crippen LogP contribution >= 0.6 is 27.3 Å². The van der Waals surface area contributed by atoms with Crippen molar-refractivity contribution in [1.82, 2.24) is 10.2 Å². The maximum atomic E-state index is 5.45. The Labute approximate surface area is 106 Å². The second-order valence-corrected chi connectivity index (χ2v) is 5.15. The van der Waals surface area contributed by atoms with E-state index in [1.54, 1.807) is 0 Å². The molecule has 84 valence electrons. The summed E-state index contributed by atoms with van der Waals surface area (Å²) in [5.74, 6) is 0. The number of hydrogen-bond acceptors (Lipinski definition) is 5. The summed E-state index contributed by atoms with van der Waals surface area (Å²) in [6, 6.07) is 7.91. The van der Waals surface area contributed by atoms with Gasteiger partial charge >= 0.3 is 0 Å². The van der Waals surface area contributed by atoms with Crippen molar-refractivity contribution in [2.24, 2.45) is 5.73 Å². The lowest BCUT2D eigenvalue weighted by Gasteiger charge is -2.01. The standard InChI is InChI=1S/C10H11BrN4S/c11-7-2-1-3-8(6-7)13-10-15-14-9(16-10)4-5-12/h1-3,6H,4-5,12H2,(H,13,15). The van der Waals surface area contributed by atoms with E-state index in [1.807, 2.05) is 24.3 Å². The lowest BCUT2D eigenvalue weighted by atomic mass is 10.3. The molecule has 0 aliphatic rings. The summed E-state index contributed by atoms with van der Waals surface area (Å²) >= 11 is 4.95. The molecule has 16 heavy (non-hydrogen) atoms. The molecule has 0 fully saturated rings. The van der Waals surface area contributed by atoms with Crippen molar-refractivity contribution in [2.45, 2.75) is 6.42 Å². The fraction of sp³-hybridized carbons (Fsp3) is 0.200. The number of aromatic nitrogens is 2. The molecular weight excluding hydrogens is 288 g/mol. The minimum Gasteiger partial charge on any atom is -0.330 e. The molecule has 4 nitrogen and oxygen atoms in total. The summed E-state index contributed by atoms with van der Waals surface area (Å²) < 4.78 is 1.03. The van der Waals surface area contributed by atoms with Crippen molar-refractivity contribution >= 4 is 38.1 Å². The Morgan fingerprint density at radius 2 is 2.25 bits per heavy atom. The molecule has 0 unspecified atom stereocenters. The van der Waals surface area contributed by atoms with Crippen LogP contribution in [0, 0.1) is 0 Å². The van der Waals surface area contributed by atoms with E-state index in [1.165, 1.54) is 11.3 Å². The zero-order valence-corrected chi connectivity index (χ0v) is 10.9. The fourth-order valence-corrected chi connectivity index (χ4v) is 2.39. The molecule has 0 aliphatic carbocycles. The van der Waals surface area contributed by atoms with Crippen LogP contribution in [0.15, 0.2) is 28.7 Å². The third kappa shape index (κ3) is 3.01. The van der Waals surface area contributed by atoms with E-state index in [4.69, 9.17) is 5.73 Å². The largest absolute Gasteiger partial charge is 0.330 e. The van der Waals surface area contributed by atoms with Gasteiger partial charge in [0.25, 0.3) is 0 Å². The Kier molecular flexibility index (Phi) is 3.87. The summed E-state index contributed by atoms with van der Waals surface area (Å²) in [6.45, 7) is 0.603. The van der Waals surface area contributed by atoms with Crippen LogP contribution < -0.4 is 11.1 Å². The highest BCUT2D eigenvalue weighted by atomic mass is 79.9. The van der Waals surface area contributed by atoms with E-state index in [9.17, 15) is 0 Å². The number of rotatable bonds is 4. The van der Waals surface area contributed by atoms with Gasteiger partial charge in [-0.25, -0.2) is 0 Å². The molecule has 1 heterocycles. The van der Waals surface area contributed by atoms with E-state index in [0.29, 0.717) is 6.54 Å². The van der Waals surface area contributed by atoms with Gasteiger partial charge < -0.3 is 11.1 Å². The number of nitrogens with one attached hydrogen (secondary N) is 1. The molecule has 1 aromatic carbocycles. The number of hydrogen-bond donors (Lipinski definition) is 2. The van der Waals surface area contributed by atoms with Crippen LogP contribution in [0.1, 0.15) is 5.01 Å². The second-order valence-electron chi connectivity index (χ2n) is 3.17. The molecule has 0 atom stereocenters. The molecule has 0 saturated carbocycles. The average Bonchev–Trinajstić information content (AvgIpc) is 2.66. The maximum Gasteiger partial charge on any atom is 0.210 e. The van der Waals surface area contributed by atoms with Crippen molar-refractivity contribution in [3.05, 3.63) is 33.7 Å². The number of halogens is 1. The Morgan fingerprint density at radius 1 is 1.38 bits per heavy atom. The highest BCUT2D eigenvalue weighted by molar-refractivity contribution is 9.10. The van der Waals surface area contributed by atoms with Gasteiger partial charge in [0.2, 0.25) is 5.13 Å². The topological polar surface area (TPSA) is 63.8 Å². The highest BCUT2D eigenvalue weighted by Gasteiger charge is 2.03. The first-order chi connectivity index (χ1) is 7.78. The van der Waals surface area contributed by atoms with E-state index >= 15 is 0 Å². The first-order valence-corrected chi connectivity index (χ1v) is 6.44. The monoisotopic (exact) mass is 298 g/mol. The zero-order chi connectivity index (χ0) is 11.4. The van der Waals surface area contributed by atoms with Crippen molar-refractivity contribution in [1.29, 1.82) is 0 Å². The molecule has 0 bridgehead atoms. The SMILES string of the molecule is NCCc1nnc(Nc2cccc(Br)c2)s1. The van der Waals surface area contributed by atoms with Crippen molar-refractivity contribution < 1.29 is 0 Å². The van der Waals surface area contributed by atoms with Gasteiger partial charge in [-0.1, -0.05) is 33.3 Å². The lowest BCUT2D eigenvalue weighted by molar-refractivity contribution is 0.913. The van der Waals surface area contributed by atoms with Gasteiger partial charge in [0.05, 0.1) is 0 Å². The van der Waals surface area contributed by atoms with Gasteiger partial charge in [-0.15, -0.1) is 10.2 Å². The first kappa shape index (κ1) is 11.5. The summed E-state index contributed by atoms with van der Waals surface area (Å²) in [5, 5.41) is 13.0. The van der Waals surface area contributed by atoms with E-state index in [2.05, 4.69) is 31.4 Å². The normalized spacial score (nSPS) is 10.4. The number of benzene rings is 1. The number of nitrogens with two attached hydrogens (primary N) is 1. The molecule has 3 N–H and O–H groups in total. The van der Waals surface area contributed by atoms with Crippen LogP contribution in [0.2, 0.25) is 0 Å². The number of nitrogens with zero attached hydrogens (tertiary/aromatic N) is 2. The van der Waals surface area contributed by atoms with Gasteiger partial charge in [-0.05, 0) is 24.7 Å². The quantitative estimate of drug-likeness (QED) is 0.910. The summed E-state index contributed by atoms with van der Waals surface area (Å²) in [7, 11) is 0. The lowest BCUT2D eigenvalue weighted by Crippen LogP contribution is -2.01. The highest BCUT2D eigenvalue weighted by Crippen LogP contribution is 2.22. The molecule has 6 heteroatoms. The predicted molar refractivity (Wildman–Crippen MR) is 70.1 cm³/mol. The summed E-state index contributed by atoms with van der Waals surface area (Å²) in [5.41, 5.74) is 6.45.